The third-order valence-electron chi connectivity index (χ3n) is 3.38. The molecule has 2 rings (SSSR count). The van der Waals surface area contributed by atoms with Crippen LogP contribution < -0.4 is 4.74 Å². The van der Waals surface area contributed by atoms with Crippen LogP contribution in [0.3, 0.4) is 0 Å². The van der Waals surface area contributed by atoms with E-state index in [0.717, 1.165) is 6.42 Å². The van der Waals surface area contributed by atoms with Crippen LogP contribution in [0.5, 0.6) is 5.75 Å². The predicted molar refractivity (Wildman–Crippen MR) is 86.4 cm³/mol. The van der Waals surface area contributed by atoms with Crippen molar-refractivity contribution < 1.29 is 9.53 Å². The molecule has 0 fully saturated rings. The van der Waals surface area contributed by atoms with Crippen molar-refractivity contribution in [3.8, 4) is 11.8 Å². The summed E-state index contributed by atoms with van der Waals surface area (Å²) in [5.74, 6) is 0.287. The SMILES string of the molecule is CCc1ccc(C(=O)[C@@H](C)Oc2ccc(C#N)cc2Cl)cc1. The molecule has 0 saturated heterocycles. The molecule has 3 nitrogen and oxygen atoms in total. The smallest absolute Gasteiger partial charge is 0.202 e. The minimum Gasteiger partial charge on any atom is -0.481 e. The van der Waals surface area contributed by atoms with Gasteiger partial charge in [0.2, 0.25) is 5.78 Å². The first-order chi connectivity index (χ1) is 10.5. The van der Waals surface area contributed by atoms with Gasteiger partial charge in [-0.3, -0.25) is 4.79 Å². The number of aryl methyl sites for hydroxylation is 1. The highest BCUT2D eigenvalue weighted by molar-refractivity contribution is 6.32. The lowest BCUT2D eigenvalue weighted by Crippen LogP contribution is -2.24. The summed E-state index contributed by atoms with van der Waals surface area (Å²) in [4.78, 5) is 12.4. The highest BCUT2D eigenvalue weighted by Gasteiger charge is 2.18. The number of nitriles is 1. The molecular weight excluding hydrogens is 298 g/mol. The number of rotatable bonds is 5. The first-order valence-corrected chi connectivity index (χ1v) is 7.42. The zero-order chi connectivity index (χ0) is 16.1. The Morgan fingerprint density at radius 2 is 1.95 bits per heavy atom. The van der Waals surface area contributed by atoms with Gasteiger partial charge in [0.1, 0.15) is 5.75 Å². The van der Waals surface area contributed by atoms with Crippen LogP contribution in [0.1, 0.15) is 35.3 Å². The molecule has 0 N–H and O–H groups in total. The van der Waals surface area contributed by atoms with Crippen LogP contribution in [0.4, 0.5) is 0 Å². The van der Waals surface area contributed by atoms with Gasteiger partial charge in [0.05, 0.1) is 16.7 Å². The van der Waals surface area contributed by atoms with Crippen molar-refractivity contribution in [3.63, 3.8) is 0 Å². The van der Waals surface area contributed by atoms with E-state index in [9.17, 15) is 4.79 Å². The Balaban J connectivity index is 2.12. The number of hydrogen-bond acceptors (Lipinski definition) is 3. The van der Waals surface area contributed by atoms with Crippen LogP contribution in [0.2, 0.25) is 5.02 Å². The van der Waals surface area contributed by atoms with Gasteiger partial charge < -0.3 is 4.74 Å². The Kier molecular flexibility index (Phi) is 5.19. The molecule has 0 saturated carbocycles. The van der Waals surface area contributed by atoms with E-state index in [4.69, 9.17) is 21.6 Å². The minimum atomic E-state index is -0.655. The third-order valence-corrected chi connectivity index (χ3v) is 3.68. The molecule has 0 aromatic heterocycles. The number of carbonyl (C=O) groups excluding carboxylic acids is 1. The molecule has 0 bridgehead atoms. The van der Waals surface area contributed by atoms with Crippen LogP contribution in [0, 0.1) is 11.3 Å². The van der Waals surface area contributed by atoms with Crippen LogP contribution in [-0.2, 0) is 6.42 Å². The quantitative estimate of drug-likeness (QED) is 0.767. The molecule has 22 heavy (non-hydrogen) atoms. The largest absolute Gasteiger partial charge is 0.481 e. The molecule has 112 valence electrons. The highest BCUT2D eigenvalue weighted by atomic mass is 35.5. The van der Waals surface area contributed by atoms with Gasteiger partial charge in [-0.1, -0.05) is 42.8 Å². The second-order valence-corrected chi connectivity index (χ2v) is 5.34. The van der Waals surface area contributed by atoms with Crippen LogP contribution in [-0.4, -0.2) is 11.9 Å². The second-order valence-electron chi connectivity index (χ2n) is 4.93. The summed E-state index contributed by atoms with van der Waals surface area (Å²) in [7, 11) is 0. The number of benzene rings is 2. The summed E-state index contributed by atoms with van der Waals surface area (Å²) < 4.78 is 5.63. The summed E-state index contributed by atoms with van der Waals surface area (Å²) in [6.07, 6.45) is 0.277. The number of nitrogens with zero attached hydrogens (tertiary/aromatic N) is 1. The van der Waals surface area contributed by atoms with E-state index in [-0.39, 0.29) is 5.78 Å². The van der Waals surface area contributed by atoms with Crippen molar-refractivity contribution in [1.82, 2.24) is 0 Å². The fourth-order valence-corrected chi connectivity index (χ4v) is 2.27. The maximum Gasteiger partial charge on any atom is 0.202 e. The normalized spacial score (nSPS) is 11.5. The molecule has 0 radical (unpaired) electrons. The number of halogens is 1. The first-order valence-electron chi connectivity index (χ1n) is 7.04. The van der Waals surface area contributed by atoms with E-state index in [1.807, 2.05) is 18.2 Å². The van der Waals surface area contributed by atoms with Crippen molar-refractivity contribution in [2.24, 2.45) is 0 Å². The Labute approximate surface area is 135 Å². The maximum absolute atomic E-state index is 12.4. The van der Waals surface area contributed by atoms with Gasteiger partial charge >= 0.3 is 0 Å². The molecule has 0 aliphatic carbocycles. The Bertz CT molecular complexity index is 717. The molecule has 4 heteroatoms. The molecule has 0 aliphatic rings. The van der Waals surface area contributed by atoms with Crippen LogP contribution in [0.25, 0.3) is 0 Å². The summed E-state index contributed by atoms with van der Waals surface area (Å²) in [5.41, 5.74) is 2.24. The van der Waals surface area contributed by atoms with Crippen LogP contribution >= 0.6 is 11.6 Å². The Hall–Kier alpha value is -2.31. The van der Waals surface area contributed by atoms with Gasteiger partial charge in [0.15, 0.2) is 6.10 Å². The lowest BCUT2D eigenvalue weighted by Gasteiger charge is -2.15. The Morgan fingerprint density at radius 3 is 2.50 bits per heavy atom. The number of hydrogen-bond donors (Lipinski definition) is 0. The molecule has 0 aliphatic heterocycles. The second kappa shape index (κ2) is 7.11. The fraction of sp³-hybridized carbons (Fsp3) is 0.222. The molecule has 0 amide bonds. The number of Topliss-reactive ketones (excluding diaryl/α,β-unsaturated/α-hetero) is 1. The van der Waals surface area contributed by atoms with Crippen molar-refractivity contribution in [3.05, 3.63) is 64.2 Å². The van der Waals surface area contributed by atoms with Gasteiger partial charge in [0, 0.05) is 5.56 Å². The zero-order valence-corrected chi connectivity index (χ0v) is 13.2. The van der Waals surface area contributed by atoms with Gasteiger partial charge in [-0.25, -0.2) is 0 Å². The van der Waals surface area contributed by atoms with E-state index in [2.05, 4.69) is 6.92 Å². The highest BCUT2D eigenvalue weighted by Crippen LogP contribution is 2.26. The number of carbonyl (C=O) groups is 1. The fourth-order valence-electron chi connectivity index (χ4n) is 2.05. The Morgan fingerprint density at radius 1 is 1.27 bits per heavy atom. The predicted octanol–water partition coefficient (Wildman–Crippen LogP) is 4.42. The molecule has 0 unspecified atom stereocenters. The first kappa shape index (κ1) is 16.1. The average molecular weight is 314 g/mol. The van der Waals surface area contributed by atoms with Gasteiger partial charge in [-0.05, 0) is 37.1 Å². The van der Waals surface area contributed by atoms with Gasteiger partial charge in [-0.15, -0.1) is 0 Å². The third kappa shape index (κ3) is 3.66. The van der Waals surface area contributed by atoms with Crippen molar-refractivity contribution in [2.45, 2.75) is 26.4 Å². The molecular formula is C18H16ClNO2. The lowest BCUT2D eigenvalue weighted by atomic mass is 10.0. The monoisotopic (exact) mass is 313 g/mol. The lowest BCUT2D eigenvalue weighted by molar-refractivity contribution is 0.0818. The maximum atomic E-state index is 12.4. The molecule has 0 heterocycles. The number of ether oxygens (including phenoxy) is 1. The van der Waals surface area contributed by atoms with E-state index < -0.39 is 6.10 Å². The summed E-state index contributed by atoms with van der Waals surface area (Å²) >= 11 is 6.06. The summed E-state index contributed by atoms with van der Waals surface area (Å²) in [6.45, 7) is 3.75. The van der Waals surface area contributed by atoms with Gasteiger partial charge in [0.25, 0.3) is 0 Å². The van der Waals surface area contributed by atoms with E-state index in [1.165, 1.54) is 11.6 Å². The number of ketones is 1. The average Bonchev–Trinajstić information content (AvgIpc) is 2.56. The molecule has 1 atom stereocenters. The summed E-state index contributed by atoms with van der Waals surface area (Å²) in [5, 5.41) is 9.13. The van der Waals surface area contributed by atoms with E-state index >= 15 is 0 Å². The van der Waals surface area contributed by atoms with Crippen molar-refractivity contribution in [1.29, 1.82) is 5.26 Å². The van der Waals surface area contributed by atoms with E-state index in [0.29, 0.717) is 21.9 Å². The zero-order valence-electron chi connectivity index (χ0n) is 12.5. The van der Waals surface area contributed by atoms with Gasteiger partial charge in [-0.2, -0.15) is 5.26 Å². The van der Waals surface area contributed by atoms with Crippen molar-refractivity contribution >= 4 is 17.4 Å². The topological polar surface area (TPSA) is 50.1 Å². The standard InChI is InChI=1S/C18H16ClNO2/c1-3-13-4-7-15(8-5-13)18(21)12(2)22-17-9-6-14(11-20)10-16(17)19/h4-10,12H,3H2,1-2H3/t12-/m1/s1. The van der Waals surface area contributed by atoms with Crippen molar-refractivity contribution in [2.75, 3.05) is 0 Å². The van der Waals surface area contributed by atoms with E-state index in [1.54, 1.807) is 31.2 Å². The molecule has 2 aromatic rings. The minimum absolute atomic E-state index is 0.108. The van der Waals surface area contributed by atoms with Crippen LogP contribution in [0.15, 0.2) is 42.5 Å². The summed E-state index contributed by atoms with van der Waals surface area (Å²) in [6, 6.07) is 14.2. The molecule has 2 aromatic carbocycles. The molecule has 0 spiro atoms.